The summed E-state index contributed by atoms with van der Waals surface area (Å²) in [6, 6.07) is 0. The first-order chi connectivity index (χ1) is 6.18. The van der Waals surface area contributed by atoms with Crippen molar-refractivity contribution >= 4 is 5.71 Å². The smallest absolute Gasteiger partial charge is 0.0515 e. The minimum Gasteiger partial charge on any atom is -0.301 e. The molecule has 0 atom stereocenters. The highest BCUT2D eigenvalue weighted by molar-refractivity contribution is 5.79. The van der Waals surface area contributed by atoms with Crippen LogP contribution in [0.1, 0.15) is 26.7 Å². The molecule has 2 nitrogen and oxygen atoms in total. The van der Waals surface area contributed by atoms with Crippen LogP contribution in [0.3, 0.4) is 0 Å². The van der Waals surface area contributed by atoms with Crippen LogP contribution in [-0.4, -0.2) is 36.8 Å². The van der Waals surface area contributed by atoms with Crippen molar-refractivity contribution in [1.82, 2.24) is 4.90 Å². The van der Waals surface area contributed by atoms with Gasteiger partial charge in [-0.2, -0.15) is 0 Å². The molecule has 0 saturated carbocycles. The van der Waals surface area contributed by atoms with Gasteiger partial charge in [0.15, 0.2) is 0 Å². The molecule has 1 heterocycles. The molecule has 0 unspecified atom stereocenters. The van der Waals surface area contributed by atoms with Crippen molar-refractivity contribution in [2.45, 2.75) is 26.7 Å². The number of aliphatic imine (C=N–C) groups is 1. The normalized spacial score (nSPS) is 18.8. The third-order valence-electron chi connectivity index (χ3n) is 2.41. The van der Waals surface area contributed by atoms with Gasteiger partial charge in [0.25, 0.3) is 0 Å². The zero-order valence-electron chi connectivity index (χ0n) is 8.84. The van der Waals surface area contributed by atoms with E-state index in [2.05, 4.69) is 30.3 Å². The summed E-state index contributed by atoms with van der Waals surface area (Å²) in [4.78, 5) is 6.86. The Morgan fingerprint density at radius 1 is 1.38 bits per heavy atom. The van der Waals surface area contributed by atoms with E-state index in [0.29, 0.717) is 0 Å². The fraction of sp³-hybridized carbons (Fsp3) is 0.727. The fourth-order valence-electron chi connectivity index (χ4n) is 1.51. The van der Waals surface area contributed by atoms with Gasteiger partial charge in [-0.25, -0.2) is 0 Å². The van der Waals surface area contributed by atoms with Crippen molar-refractivity contribution in [3.63, 3.8) is 0 Å². The van der Waals surface area contributed by atoms with E-state index in [0.717, 1.165) is 13.1 Å². The van der Waals surface area contributed by atoms with E-state index >= 15 is 0 Å². The second-order valence-corrected chi connectivity index (χ2v) is 3.92. The predicted molar refractivity (Wildman–Crippen MR) is 58.5 cm³/mol. The van der Waals surface area contributed by atoms with Crippen LogP contribution in [0.5, 0.6) is 0 Å². The van der Waals surface area contributed by atoms with Crippen LogP contribution in [0.15, 0.2) is 17.1 Å². The van der Waals surface area contributed by atoms with Crippen molar-refractivity contribution in [2.24, 2.45) is 4.99 Å². The molecule has 0 aromatic rings. The Hall–Kier alpha value is -0.630. The number of rotatable bonds is 3. The maximum absolute atomic E-state index is 4.39. The molecule has 74 valence electrons. The molecule has 0 N–H and O–H groups in total. The first-order valence-electron chi connectivity index (χ1n) is 5.05. The summed E-state index contributed by atoms with van der Waals surface area (Å²) in [7, 11) is 0. The topological polar surface area (TPSA) is 15.6 Å². The van der Waals surface area contributed by atoms with Gasteiger partial charge in [-0.15, -0.1) is 0 Å². The Morgan fingerprint density at radius 3 is 2.54 bits per heavy atom. The Morgan fingerprint density at radius 2 is 2.00 bits per heavy atom. The predicted octanol–water partition coefficient (Wildman–Crippen LogP) is 2.12. The van der Waals surface area contributed by atoms with Crippen LogP contribution in [-0.2, 0) is 0 Å². The molecule has 1 rings (SSSR count). The molecule has 0 aliphatic carbocycles. The minimum atomic E-state index is 0.953. The van der Waals surface area contributed by atoms with E-state index in [9.17, 15) is 0 Å². The lowest BCUT2D eigenvalue weighted by molar-refractivity contribution is 0.264. The van der Waals surface area contributed by atoms with E-state index in [4.69, 9.17) is 0 Å². The van der Waals surface area contributed by atoms with Crippen molar-refractivity contribution in [3.05, 3.63) is 12.2 Å². The highest BCUT2D eigenvalue weighted by Gasteiger charge is 2.10. The van der Waals surface area contributed by atoms with Crippen LogP contribution in [0.25, 0.3) is 0 Å². The van der Waals surface area contributed by atoms with Gasteiger partial charge < -0.3 is 4.90 Å². The standard InChI is InChI=1S/C11H20N2/c1-10(2)12-6-9-13-7-4-11(3)5-8-13/h3-9H2,1-2H3. The van der Waals surface area contributed by atoms with Crippen molar-refractivity contribution in [3.8, 4) is 0 Å². The molecule has 2 heteroatoms. The van der Waals surface area contributed by atoms with Crippen molar-refractivity contribution in [2.75, 3.05) is 26.2 Å². The van der Waals surface area contributed by atoms with Gasteiger partial charge in [-0.05, 0) is 26.7 Å². The summed E-state index contributed by atoms with van der Waals surface area (Å²) in [6.45, 7) is 12.5. The molecular weight excluding hydrogens is 160 g/mol. The highest BCUT2D eigenvalue weighted by Crippen LogP contribution is 2.12. The molecule has 1 aliphatic rings. The van der Waals surface area contributed by atoms with Crippen LogP contribution in [0, 0.1) is 0 Å². The van der Waals surface area contributed by atoms with Gasteiger partial charge in [-0.1, -0.05) is 12.2 Å². The lowest BCUT2D eigenvalue weighted by atomic mass is 10.1. The molecule has 0 radical (unpaired) electrons. The summed E-state index contributed by atoms with van der Waals surface area (Å²) in [5.74, 6) is 0. The summed E-state index contributed by atoms with van der Waals surface area (Å²) in [5, 5.41) is 0. The van der Waals surface area contributed by atoms with Crippen LogP contribution in [0.2, 0.25) is 0 Å². The van der Waals surface area contributed by atoms with E-state index in [-0.39, 0.29) is 0 Å². The number of piperidine rings is 1. The second kappa shape index (κ2) is 5.18. The summed E-state index contributed by atoms with van der Waals surface area (Å²) < 4.78 is 0. The number of hydrogen-bond donors (Lipinski definition) is 0. The summed E-state index contributed by atoms with van der Waals surface area (Å²) in [6.07, 6.45) is 2.35. The maximum Gasteiger partial charge on any atom is 0.0515 e. The van der Waals surface area contributed by atoms with E-state index in [1.807, 2.05) is 0 Å². The molecule has 0 aromatic carbocycles. The quantitative estimate of drug-likeness (QED) is 0.480. The molecule has 1 fully saturated rings. The second-order valence-electron chi connectivity index (χ2n) is 3.92. The van der Waals surface area contributed by atoms with Gasteiger partial charge in [0.1, 0.15) is 0 Å². The zero-order valence-corrected chi connectivity index (χ0v) is 8.84. The molecule has 0 amide bonds. The number of hydrogen-bond acceptors (Lipinski definition) is 2. The Labute approximate surface area is 81.3 Å². The first-order valence-corrected chi connectivity index (χ1v) is 5.05. The Bertz CT molecular complexity index is 192. The average molecular weight is 180 g/mol. The lowest BCUT2D eigenvalue weighted by Gasteiger charge is -2.27. The third kappa shape index (κ3) is 4.23. The minimum absolute atomic E-state index is 0.953. The van der Waals surface area contributed by atoms with Gasteiger partial charge in [-0.3, -0.25) is 4.99 Å². The number of likely N-dealkylation sites (tertiary alicyclic amines) is 1. The third-order valence-corrected chi connectivity index (χ3v) is 2.41. The Kier molecular flexibility index (Phi) is 4.16. The lowest BCUT2D eigenvalue weighted by Crippen LogP contribution is -2.32. The largest absolute Gasteiger partial charge is 0.301 e. The SMILES string of the molecule is C=C1CCN(CCN=C(C)C)CC1. The van der Waals surface area contributed by atoms with E-state index in [1.54, 1.807) is 0 Å². The molecule has 13 heavy (non-hydrogen) atoms. The Balaban J connectivity index is 2.16. The molecular formula is C11H20N2. The monoisotopic (exact) mass is 180 g/mol. The number of nitrogens with zero attached hydrogens (tertiary/aromatic N) is 2. The van der Waals surface area contributed by atoms with Crippen LogP contribution < -0.4 is 0 Å². The van der Waals surface area contributed by atoms with Crippen molar-refractivity contribution in [1.29, 1.82) is 0 Å². The van der Waals surface area contributed by atoms with Gasteiger partial charge in [0, 0.05) is 25.3 Å². The average Bonchev–Trinajstić information content (AvgIpc) is 2.08. The molecule has 1 aliphatic heterocycles. The molecule has 1 saturated heterocycles. The van der Waals surface area contributed by atoms with Gasteiger partial charge >= 0.3 is 0 Å². The molecule has 0 aromatic heterocycles. The van der Waals surface area contributed by atoms with Gasteiger partial charge in [0.05, 0.1) is 6.54 Å². The zero-order chi connectivity index (χ0) is 9.68. The van der Waals surface area contributed by atoms with E-state index < -0.39 is 0 Å². The van der Waals surface area contributed by atoms with Crippen molar-refractivity contribution < 1.29 is 0 Å². The summed E-state index contributed by atoms with van der Waals surface area (Å²) >= 11 is 0. The molecule has 0 bridgehead atoms. The fourth-order valence-corrected chi connectivity index (χ4v) is 1.51. The molecule has 0 spiro atoms. The first kappa shape index (κ1) is 10.5. The van der Waals surface area contributed by atoms with Crippen LogP contribution >= 0.6 is 0 Å². The highest BCUT2D eigenvalue weighted by atomic mass is 15.1. The van der Waals surface area contributed by atoms with Crippen LogP contribution in [0.4, 0.5) is 0 Å². The van der Waals surface area contributed by atoms with Gasteiger partial charge in [0.2, 0.25) is 0 Å². The van der Waals surface area contributed by atoms with E-state index in [1.165, 1.54) is 37.2 Å². The summed E-state index contributed by atoms with van der Waals surface area (Å²) in [5.41, 5.74) is 2.59. The maximum atomic E-state index is 4.39.